The molecule has 602 valence electrons. The van der Waals surface area contributed by atoms with Gasteiger partial charge in [-0.1, -0.05) is 129 Å². The maximum absolute atomic E-state index is 14.6. The van der Waals surface area contributed by atoms with Crippen molar-refractivity contribution in [2.75, 3.05) is 79.0 Å². The number of carboxylic acids is 2. The van der Waals surface area contributed by atoms with Crippen molar-refractivity contribution in [1.29, 1.82) is 0 Å². The van der Waals surface area contributed by atoms with E-state index in [9.17, 15) is 46.6 Å². The van der Waals surface area contributed by atoms with E-state index in [1.54, 1.807) is 68.9 Å². The molecular weight excluding hydrogens is 1530 g/mol. The summed E-state index contributed by atoms with van der Waals surface area (Å²) in [6, 6.07) is 45.5. The van der Waals surface area contributed by atoms with Crippen molar-refractivity contribution in [2.24, 2.45) is 17.4 Å². The van der Waals surface area contributed by atoms with Crippen molar-refractivity contribution in [3.8, 4) is 67.2 Å². The molecule has 0 bridgehead atoms. The molecule has 0 radical (unpaired) electrons. The highest BCUT2D eigenvalue weighted by Gasteiger charge is 2.35. The van der Waals surface area contributed by atoms with Gasteiger partial charge in [-0.05, 0) is 130 Å². The fraction of sp³-hybridized carbons (Fsp3) is 0.310. The summed E-state index contributed by atoms with van der Waals surface area (Å²) in [6.45, 7) is 10.6. The number of hydrogen-bond acceptors (Lipinski definition) is 19. The van der Waals surface area contributed by atoms with Crippen LogP contribution in [-0.2, 0) is 50.0 Å². The van der Waals surface area contributed by atoms with Gasteiger partial charge in [-0.25, -0.2) is 38.7 Å². The molecule has 31 heteroatoms. The SMILES string of the molecule is COc1ccccc1-c1nccc(COc2ccccc2C[C@@H](Oc2ncnc3sc(-c4ccc(F)cc4)c(-c4ccc(OCCN5CC[N+](C)(Cc6ccc(NC(=O)[C@H](CCCNC(N)=O)NC(=O)[C@@H](N)C(C)C)cc6CN(C)C(=O)OCC6c7ccccc7-c7ccccc76)CC5)c(Cl)c4C)c23)C(=O)O)n1.O=C([O-])C(F)(F)F. The number of aromatic nitrogens is 4. The lowest BCUT2D eigenvalue weighted by molar-refractivity contribution is -0.926. The Bertz CT molecular complexity index is 5120. The summed E-state index contributed by atoms with van der Waals surface area (Å²) >= 11 is 8.65. The average Bonchev–Trinajstić information content (AvgIpc) is 1.61. The molecule has 3 aromatic heterocycles. The van der Waals surface area contributed by atoms with E-state index in [1.807, 2.05) is 93.6 Å². The minimum absolute atomic E-state index is 0.0207. The molecule has 1 aliphatic heterocycles. The number of methoxy groups -OCH3 is 1. The quantitative estimate of drug-likeness (QED) is 0.0134. The molecule has 4 heterocycles. The first kappa shape index (κ1) is 84.1. The molecule has 0 spiro atoms. The summed E-state index contributed by atoms with van der Waals surface area (Å²) in [5, 5.41) is 28.8. The van der Waals surface area contributed by atoms with Crippen LogP contribution in [0.1, 0.15) is 71.7 Å². The van der Waals surface area contributed by atoms with Crippen LogP contribution in [-0.4, -0.2) is 173 Å². The lowest BCUT2D eigenvalue weighted by Gasteiger charge is -2.42. The van der Waals surface area contributed by atoms with E-state index in [0.29, 0.717) is 119 Å². The molecule has 25 nitrogen and oxygen atoms in total. The van der Waals surface area contributed by atoms with E-state index < -0.39 is 66.1 Å². The number of anilines is 1. The van der Waals surface area contributed by atoms with Crippen LogP contribution >= 0.6 is 22.9 Å². The Balaban J connectivity index is 0.00000178. The number of hydrogen-bond donors (Lipinski definition) is 6. The molecule has 7 aromatic carbocycles. The first-order valence-electron chi connectivity index (χ1n) is 37.0. The van der Waals surface area contributed by atoms with Gasteiger partial charge in [0, 0.05) is 80.0 Å². The number of carboxylic acid groups (broad SMARTS) is 2. The normalized spacial score (nSPS) is 13.9. The van der Waals surface area contributed by atoms with Crippen LogP contribution in [0.2, 0.25) is 5.02 Å². The number of ether oxygens (including phenoxy) is 5. The van der Waals surface area contributed by atoms with Crippen molar-refractivity contribution < 1.29 is 84.7 Å². The number of nitrogens with zero attached hydrogens (tertiary/aromatic N) is 7. The number of aliphatic carboxylic acids is 2. The van der Waals surface area contributed by atoms with E-state index in [4.69, 9.17) is 61.6 Å². The predicted octanol–water partition coefficient (Wildman–Crippen LogP) is 12.1. The van der Waals surface area contributed by atoms with Crippen LogP contribution in [0.25, 0.3) is 54.3 Å². The minimum Gasteiger partial charge on any atom is -0.542 e. The van der Waals surface area contributed by atoms with E-state index in [2.05, 4.69) is 67.1 Å². The maximum Gasteiger partial charge on any atom is 0.430 e. The Morgan fingerprint density at radius 1 is 0.800 bits per heavy atom. The number of likely N-dealkylation sites (N-methyl/N-ethyl adjacent to an activating group) is 1. The number of thiophene rings is 1. The number of quaternary nitrogens is 1. The summed E-state index contributed by atoms with van der Waals surface area (Å²) in [4.78, 5) is 98.6. The number of halogens is 5. The van der Waals surface area contributed by atoms with Crippen LogP contribution < -0.4 is 51.5 Å². The Morgan fingerprint density at radius 2 is 1.46 bits per heavy atom. The topological polar surface area (TPSA) is 338 Å². The highest BCUT2D eigenvalue weighted by molar-refractivity contribution is 7.22. The van der Waals surface area contributed by atoms with Crippen molar-refractivity contribution in [3.05, 3.63) is 220 Å². The van der Waals surface area contributed by atoms with Crippen LogP contribution in [0.5, 0.6) is 23.1 Å². The van der Waals surface area contributed by atoms with Crippen molar-refractivity contribution in [1.82, 2.24) is 40.4 Å². The number of benzene rings is 7. The number of fused-ring (bicyclic) bond motifs is 4. The number of primary amides is 1. The number of alkyl halides is 3. The largest absolute Gasteiger partial charge is 0.542 e. The number of amides is 5. The number of urea groups is 1. The number of nitrogens with one attached hydrogen (secondary N) is 3. The van der Waals surface area contributed by atoms with Crippen molar-refractivity contribution in [3.63, 3.8) is 0 Å². The standard InChI is InChI=1S/C82H86ClFN12O11S.C2HF3O2/c1-49(2)73(85)77(98)93-65(22-15-34-88-81(86)101)76(97)92-56-30-27-53(54(42-56)44-94(4)82(102)106-47-64-61-19-10-8-17-59(61)60-18-9-11-20-62(60)64)45-96(5)39-36-95(37-40-96)38-41-104-68-32-31-58(50(3)72(68)83)70-71-78(89-48-90-79(71)108-74(70)51-25-28-55(84)29-26-51)107-69(80(99)100)43-52-16-7-13-23-66(52)105-46-57-33-35-87-75(91-57)63-21-12-14-24-67(63)103-6;3-2(4,5)1(6)7/h7-14,16-21,23-33,35,42,48-49,64-65,69,73H,15,22,34,36-41,43-47,85H2,1-6H3,(H5-,86,88,92,93,97,98,99,100,101);(H,6,7)/t65-,69+,73-;/m0./s1. The molecule has 0 unspecified atom stereocenters. The second-order valence-corrected chi connectivity index (χ2v) is 29.8. The second kappa shape index (κ2) is 37.9. The Kier molecular flexibility index (Phi) is 27.7. The first-order valence-corrected chi connectivity index (χ1v) is 38.2. The highest BCUT2D eigenvalue weighted by atomic mass is 35.5. The Morgan fingerprint density at radius 3 is 2.12 bits per heavy atom. The van der Waals surface area contributed by atoms with Gasteiger partial charge in [-0.15, -0.1) is 11.3 Å². The molecule has 0 saturated carbocycles. The van der Waals surface area contributed by atoms with Gasteiger partial charge in [0.15, 0.2) is 5.82 Å². The molecule has 5 amide bonds. The third-order valence-electron chi connectivity index (χ3n) is 20.0. The van der Waals surface area contributed by atoms with Crippen molar-refractivity contribution >= 4 is 74.7 Å². The highest BCUT2D eigenvalue weighted by Crippen LogP contribution is 2.50. The third-order valence-corrected chi connectivity index (χ3v) is 21.7. The lowest BCUT2D eigenvalue weighted by Crippen LogP contribution is -2.57. The number of carbonyl (C=O) groups excluding carboxylic acids is 5. The number of carbonyl (C=O) groups is 6. The van der Waals surface area contributed by atoms with E-state index in [-0.39, 0.29) is 56.9 Å². The van der Waals surface area contributed by atoms with Crippen LogP contribution in [0.15, 0.2) is 170 Å². The predicted molar refractivity (Wildman–Crippen MR) is 424 cm³/mol. The van der Waals surface area contributed by atoms with Crippen LogP contribution in [0.3, 0.4) is 0 Å². The summed E-state index contributed by atoms with van der Waals surface area (Å²) in [6.07, 6.45) is -3.78. The first-order chi connectivity index (χ1) is 55.1. The van der Waals surface area contributed by atoms with E-state index in [1.165, 1.54) is 34.7 Å². The lowest BCUT2D eigenvalue weighted by atomic mass is 9.96. The molecule has 10 aromatic rings. The van der Waals surface area contributed by atoms with Gasteiger partial charge < -0.3 is 75.5 Å². The van der Waals surface area contributed by atoms with E-state index >= 15 is 0 Å². The van der Waals surface area contributed by atoms with Gasteiger partial charge in [-0.2, -0.15) is 13.2 Å². The average molecular weight is 1620 g/mol. The van der Waals surface area contributed by atoms with Gasteiger partial charge >= 0.3 is 24.3 Å². The molecule has 3 atom stereocenters. The van der Waals surface area contributed by atoms with Gasteiger partial charge in [0.25, 0.3) is 0 Å². The fourth-order valence-corrected chi connectivity index (χ4v) is 15.1. The zero-order valence-corrected chi connectivity index (χ0v) is 65.5. The Labute approximate surface area is 670 Å². The van der Waals surface area contributed by atoms with E-state index in [0.717, 1.165) is 59.6 Å². The van der Waals surface area contributed by atoms with Gasteiger partial charge in [0.05, 0.1) is 55.0 Å². The van der Waals surface area contributed by atoms with Gasteiger partial charge in [0.2, 0.25) is 23.8 Å². The number of piperazine rings is 1. The summed E-state index contributed by atoms with van der Waals surface area (Å²) in [5.74, 6) is -3.98. The fourth-order valence-electron chi connectivity index (χ4n) is 13.7. The Hall–Kier alpha value is -11.8. The molecule has 12 rings (SSSR count). The summed E-state index contributed by atoms with van der Waals surface area (Å²) < 4.78 is 77.8. The zero-order chi connectivity index (χ0) is 82.3. The number of para-hydroxylation sites is 2. The molecule has 1 saturated heterocycles. The number of nitrogens with two attached hydrogens (primary N) is 2. The third kappa shape index (κ3) is 21.1. The molecule has 2 aliphatic rings. The monoisotopic (exact) mass is 1610 g/mol. The minimum atomic E-state index is -5.19. The van der Waals surface area contributed by atoms with Crippen LogP contribution in [0.4, 0.5) is 32.8 Å². The van der Waals surface area contributed by atoms with Gasteiger partial charge in [-0.3, -0.25) is 14.5 Å². The summed E-state index contributed by atoms with van der Waals surface area (Å²) in [7, 11) is 5.49. The number of rotatable bonds is 31. The smallest absolute Gasteiger partial charge is 0.430 e. The molecule has 8 N–H and O–H groups in total. The second-order valence-electron chi connectivity index (χ2n) is 28.4. The van der Waals surface area contributed by atoms with Gasteiger partial charge in [0.1, 0.15) is 72.6 Å². The molecule has 1 fully saturated rings. The maximum atomic E-state index is 14.6. The molecular formula is C84H87ClF4N12O13S. The molecule has 115 heavy (non-hydrogen) atoms. The molecule has 1 aliphatic carbocycles. The van der Waals surface area contributed by atoms with Crippen LogP contribution in [0, 0.1) is 18.7 Å². The van der Waals surface area contributed by atoms with Crippen molar-refractivity contribution in [2.45, 2.75) is 90.0 Å². The summed E-state index contributed by atoms with van der Waals surface area (Å²) in [5.41, 5.74) is 22.6. The zero-order valence-electron chi connectivity index (χ0n) is 63.9.